The average molecular weight is 130 g/mol. The highest BCUT2D eigenvalue weighted by Gasteiger charge is 1.81. The first kappa shape index (κ1) is 7.63. The van der Waals surface area contributed by atoms with Crippen LogP contribution in [0.5, 0.6) is 0 Å². The first-order chi connectivity index (χ1) is 3.89. The van der Waals surface area contributed by atoms with E-state index in [0.29, 0.717) is 0 Å². The maximum atomic E-state index is 2.04. The van der Waals surface area contributed by atoms with E-state index in [4.69, 9.17) is 0 Å². The first-order valence-electron chi connectivity index (χ1n) is 2.77. The van der Waals surface area contributed by atoms with Gasteiger partial charge in [0, 0.05) is 0 Å². The van der Waals surface area contributed by atoms with Gasteiger partial charge in [-0.05, 0) is 0 Å². The van der Waals surface area contributed by atoms with Crippen LogP contribution in [-0.4, -0.2) is 0 Å². The van der Waals surface area contributed by atoms with Crippen LogP contribution in [-0.2, 0) is 7.05 Å². The third-order valence-electron chi connectivity index (χ3n) is 0.602. The first-order valence-corrected chi connectivity index (χ1v) is 3.71. The van der Waals surface area contributed by atoms with E-state index in [0.717, 1.165) is 0 Å². The maximum absolute atomic E-state index is 2.04. The summed E-state index contributed by atoms with van der Waals surface area (Å²) in [7, 11) is 2.01. The van der Waals surface area contributed by atoms with Gasteiger partial charge in [-0.1, -0.05) is 25.2 Å². The van der Waals surface area contributed by atoms with Crippen LogP contribution in [0.1, 0.15) is 13.8 Å². The summed E-state index contributed by atoms with van der Waals surface area (Å²) in [6.45, 7) is 4.00. The lowest BCUT2D eigenvalue weighted by atomic mass is 10.9. The summed E-state index contributed by atoms with van der Waals surface area (Å²) >= 11 is 1.70. The zero-order valence-electron chi connectivity index (χ0n) is 5.59. The molecule has 1 aromatic rings. The van der Waals surface area contributed by atoms with Gasteiger partial charge in [0.15, 0.2) is 6.20 Å². The third kappa shape index (κ3) is 2.75. The van der Waals surface area contributed by atoms with Gasteiger partial charge in [-0.15, -0.1) is 0 Å². The van der Waals surface area contributed by atoms with Crippen molar-refractivity contribution >= 4 is 11.3 Å². The van der Waals surface area contributed by atoms with Crippen LogP contribution < -0.4 is 4.57 Å². The van der Waals surface area contributed by atoms with E-state index in [1.165, 1.54) is 0 Å². The van der Waals surface area contributed by atoms with Crippen LogP contribution in [0.2, 0.25) is 0 Å². The van der Waals surface area contributed by atoms with Crippen molar-refractivity contribution in [3.63, 3.8) is 0 Å². The molecule has 0 amide bonds. The van der Waals surface area contributed by atoms with Gasteiger partial charge < -0.3 is 0 Å². The molecule has 2 heteroatoms. The molecule has 1 aromatic heterocycles. The van der Waals surface area contributed by atoms with E-state index in [1.807, 2.05) is 42.5 Å². The SMILES string of the molecule is CC.C[n+]1ccsc1. The smallest absolute Gasteiger partial charge is 0.198 e. The lowest BCUT2D eigenvalue weighted by Crippen LogP contribution is -2.21. The highest BCUT2D eigenvalue weighted by molar-refractivity contribution is 7.07. The van der Waals surface area contributed by atoms with Crippen LogP contribution in [0.15, 0.2) is 17.1 Å². The number of hydrogen-bond donors (Lipinski definition) is 0. The molecule has 8 heavy (non-hydrogen) atoms. The average Bonchev–Trinajstić information content (AvgIpc) is 2.24. The van der Waals surface area contributed by atoms with Crippen molar-refractivity contribution in [1.82, 2.24) is 0 Å². The van der Waals surface area contributed by atoms with E-state index in [1.54, 1.807) is 11.3 Å². The molecule has 0 atom stereocenters. The van der Waals surface area contributed by atoms with Crippen LogP contribution in [0.3, 0.4) is 0 Å². The minimum Gasteiger partial charge on any atom is -0.198 e. The van der Waals surface area contributed by atoms with E-state index in [2.05, 4.69) is 0 Å². The molecular formula is C6H12NS+. The molecule has 0 fully saturated rings. The maximum Gasteiger partial charge on any atom is 0.224 e. The van der Waals surface area contributed by atoms with Gasteiger partial charge in [0.05, 0.1) is 5.38 Å². The van der Waals surface area contributed by atoms with Gasteiger partial charge in [-0.3, -0.25) is 0 Å². The van der Waals surface area contributed by atoms with Crippen molar-refractivity contribution in [2.24, 2.45) is 7.05 Å². The molecule has 0 saturated carbocycles. The Morgan fingerprint density at radius 1 is 1.38 bits per heavy atom. The van der Waals surface area contributed by atoms with Crippen molar-refractivity contribution in [2.75, 3.05) is 0 Å². The number of aryl methyl sites for hydroxylation is 1. The monoisotopic (exact) mass is 130 g/mol. The molecular weight excluding hydrogens is 118 g/mol. The Labute approximate surface area is 54.6 Å². The predicted molar refractivity (Wildman–Crippen MR) is 36.8 cm³/mol. The van der Waals surface area contributed by atoms with Crippen LogP contribution in [0.4, 0.5) is 0 Å². The van der Waals surface area contributed by atoms with E-state index in [9.17, 15) is 0 Å². The molecule has 1 heterocycles. The van der Waals surface area contributed by atoms with Crippen LogP contribution in [0.25, 0.3) is 0 Å². The molecule has 0 saturated heterocycles. The zero-order chi connectivity index (χ0) is 6.41. The molecule has 0 aromatic carbocycles. The topological polar surface area (TPSA) is 3.88 Å². The summed E-state index contributed by atoms with van der Waals surface area (Å²) in [5.41, 5.74) is 2.04. The molecule has 46 valence electrons. The Morgan fingerprint density at radius 3 is 2.12 bits per heavy atom. The summed E-state index contributed by atoms with van der Waals surface area (Å²) in [6, 6.07) is 0. The lowest BCUT2D eigenvalue weighted by molar-refractivity contribution is -0.666. The molecule has 1 rings (SSSR count). The summed E-state index contributed by atoms with van der Waals surface area (Å²) in [6.07, 6.45) is 2.02. The Hall–Kier alpha value is -0.370. The van der Waals surface area contributed by atoms with Gasteiger partial charge in [-0.25, -0.2) is 0 Å². The lowest BCUT2D eigenvalue weighted by Gasteiger charge is -1.62. The highest BCUT2D eigenvalue weighted by Crippen LogP contribution is 1.83. The zero-order valence-corrected chi connectivity index (χ0v) is 6.40. The summed E-state index contributed by atoms with van der Waals surface area (Å²) in [5.74, 6) is 0. The number of rotatable bonds is 0. The number of thiazole rings is 1. The summed E-state index contributed by atoms with van der Waals surface area (Å²) < 4.78 is 2.02. The quantitative estimate of drug-likeness (QED) is 0.470. The van der Waals surface area contributed by atoms with Crippen LogP contribution in [0, 0.1) is 0 Å². The highest BCUT2D eigenvalue weighted by atomic mass is 32.1. The largest absolute Gasteiger partial charge is 0.224 e. The molecule has 0 radical (unpaired) electrons. The second-order valence-corrected chi connectivity index (χ2v) is 1.95. The molecule has 0 unspecified atom stereocenters. The van der Waals surface area contributed by atoms with E-state index < -0.39 is 0 Å². The van der Waals surface area contributed by atoms with Gasteiger partial charge in [0.1, 0.15) is 7.05 Å². The molecule has 1 nitrogen and oxygen atoms in total. The fourth-order valence-corrected chi connectivity index (χ4v) is 0.892. The Kier molecular flexibility index (Phi) is 4.56. The fourth-order valence-electron chi connectivity index (χ4n) is 0.297. The molecule has 0 aliphatic heterocycles. The summed E-state index contributed by atoms with van der Waals surface area (Å²) in [5, 5.41) is 2.04. The molecule has 0 spiro atoms. The molecule has 0 bridgehead atoms. The van der Waals surface area contributed by atoms with Gasteiger partial charge in [0.2, 0.25) is 5.51 Å². The third-order valence-corrected chi connectivity index (χ3v) is 1.33. The minimum absolute atomic E-state index is 1.70. The normalized spacial score (nSPS) is 7.38. The Balaban J connectivity index is 0.000000222. The molecule has 0 N–H and O–H groups in total. The van der Waals surface area contributed by atoms with E-state index >= 15 is 0 Å². The standard InChI is InChI=1S/C4H6NS.C2H6/c1-5-2-3-6-4-5;1-2/h2-4H,1H3;1-2H3/q+1;. The number of hydrogen-bond acceptors (Lipinski definition) is 1. The second kappa shape index (κ2) is 4.78. The minimum atomic E-state index is 1.70. The molecule has 0 aliphatic rings. The van der Waals surface area contributed by atoms with Gasteiger partial charge >= 0.3 is 0 Å². The van der Waals surface area contributed by atoms with E-state index in [-0.39, 0.29) is 0 Å². The second-order valence-electron chi connectivity index (χ2n) is 1.19. The van der Waals surface area contributed by atoms with Crippen molar-refractivity contribution in [3.8, 4) is 0 Å². The van der Waals surface area contributed by atoms with Crippen molar-refractivity contribution in [1.29, 1.82) is 0 Å². The van der Waals surface area contributed by atoms with Gasteiger partial charge in [-0.2, -0.15) is 4.57 Å². The number of aromatic nitrogens is 1. The molecule has 0 aliphatic carbocycles. The van der Waals surface area contributed by atoms with Gasteiger partial charge in [0.25, 0.3) is 0 Å². The van der Waals surface area contributed by atoms with Crippen molar-refractivity contribution < 1.29 is 4.57 Å². The Morgan fingerprint density at radius 2 is 2.00 bits per heavy atom. The predicted octanol–water partition coefficient (Wildman–Crippen LogP) is 1.60. The van der Waals surface area contributed by atoms with Crippen LogP contribution >= 0.6 is 11.3 Å². The summed E-state index contributed by atoms with van der Waals surface area (Å²) in [4.78, 5) is 0. The fraction of sp³-hybridized carbons (Fsp3) is 0.500. The van der Waals surface area contributed by atoms with Crippen molar-refractivity contribution in [3.05, 3.63) is 17.1 Å². The Bertz CT molecular complexity index is 112. The van der Waals surface area contributed by atoms with Crippen molar-refractivity contribution in [2.45, 2.75) is 13.8 Å². The number of nitrogens with zero attached hydrogens (tertiary/aromatic N) is 1.